The summed E-state index contributed by atoms with van der Waals surface area (Å²) < 4.78 is 10.6. The summed E-state index contributed by atoms with van der Waals surface area (Å²) in [7, 11) is 0. The molecule has 5 nitrogen and oxygen atoms in total. The fourth-order valence-corrected chi connectivity index (χ4v) is 4.08. The number of esters is 1. The highest BCUT2D eigenvalue weighted by Gasteiger charge is 2.64. The van der Waals surface area contributed by atoms with Gasteiger partial charge < -0.3 is 9.47 Å². The average Bonchev–Trinajstić information content (AvgIpc) is 2.91. The molecule has 3 aliphatic heterocycles. The third kappa shape index (κ3) is 1.47. The van der Waals surface area contributed by atoms with Gasteiger partial charge in [-0.1, -0.05) is 0 Å². The van der Waals surface area contributed by atoms with Gasteiger partial charge in [-0.2, -0.15) is 0 Å². The van der Waals surface area contributed by atoms with Gasteiger partial charge in [-0.25, -0.2) is 0 Å². The summed E-state index contributed by atoms with van der Waals surface area (Å²) in [5, 5.41) is -0.253. The topological polar surface area (TPSA) is 69.7 Å². The number of ether oxygens (including phenoxy) is 2. The maximum Gasteiger partial charge on any atom is 0.311 e. The van der Waals surface area contributed by atoms with Gasteiger partial charge in [-0.15, -0.1) is 0 Å². The standard InChI is InChI=1S/C11H12O5S/c1-2-15-9(12)4-3-5-6-7(8(4)16-5)11(14)17-10(6)13/h4-8H,2-3H2,1H3/t4-,5-,6-,7-,8-/m0/s1. The van der Waals surface area contributed by atoms with Gasteiger partial charge in [0.05, 0.1) is 36.6 Å². The fraction of sp³-hybridized carbons (Fsp3) is 0.727. The van der Waals surface area contributed by atoms with Crippen molar-refractivity contribution in [1.82, 2.24) is 0 Å². The van der Waals surface area contributed by atoms with Gasteiger partial charge in [-0.3, -0.25) is 14.4 Å². The summed E-state index contributed by atoms with van der Waals surface area (Å²) in [5.41, 5.74) is 0. The number of hydrogen-bond acceptors (Lipinski definition) is 6. The lowest BCUT2D eigenvalue weighted by Gasteiger charge is -2.23. The summed E-state index contributed by atoms with van der Waals surface area (Å²) in [5.74, 6) is -1.45. The Morgan fingerprint density at radius 2 is 2.12 bits per heavy atom. The molecule has 3 rings (SSSR count). The van der Waals surface area contributed by atoms with E-state index in [1.807, 2.05) is 0 Å². The number of rotatable bonds is 2. The predicted octanol–water partition coefficient (Wildman–Crippen LogP) is 0.369. The molecule has 3 fully saturated rings. The molecule has 3 aliphatic rings. The molecule has 0 spiro atoms. The number of hydrogen-bond donors (Lipinski definition) is 0. The normalized spacial score (nSPS) is 43.0. The highest BCUT2D eigenvalue weighted by molar-refractivity contribution is 8.26. The van der Waals surface area contributed by atoms with E-state index in [1.165, 1.54) is 0 Å². The molecule has 0 aromatic heterocycles. The minimum Gasteiger partial charge on any atom is -0.466 e. The maximum atomic E-state index is 11.7. The lowest BCUT2D eigenvalue weighted by molar-refractivity contribution is -0.151. The molecule has 2 bridgehead atoms. The lowest BCUT2D eigenvalue weighted by Crippen LogP contribution is -2.39. The second-order valence-corrected chi connectivity index (χ2v) is 5.53. The number of thioether (sulfide) groups is 1. The zero-order chi connectivity index (χ0) is 12.2. The number of carbonyl (C=O) groups excluding carboxylic acids is 3. The minimum atomic E-state index is -0.449. The van der Waals surface area contributed by atoms with E-state index in [0.717, 1.165) is 11.8 Å². The molecule has 6 heteroatoms. The molecule has 3 heterocycles. The smallest absolute Gasteiger partial charge is 0.311 e. The van der Waals surface area contributed by atoms with Crippen molar-refractivity contribution in [2.75, 3.05) is 6.61 Å². The first-order valence-electron chi connectivity index (χ1n) is 5.71. The van der Waals surface area contributed by atoms with Crippen molar-refractivity contribution in [2.45, 2.75) is 25.6 Å². The Hall–Kier alpha value is -0.880. The Balaban J connectivity index is 1.82. The molecular formula is C11H12O5S. The van der Waals surface area contributed by atoms with Crippen molar-refractivity contribution in [3.8, 4) is 0 Å². The van der Waals surface area contributed by atoms with Crippen LogP contribution < -0.4 is 0 Å². The van der Waals surface area contributed by atoms with Crippen LogP contribution in [0.25, 0.3) is 0 Å². The van der Waals surface area contributed by atoms with E-state index in [2.05, 4.69) is 0 Å². The van der Waals surface area contributed by atoms with Crippen LogP contribution in [0.2, 0.25) is 0 Å². The molecule has 0 amide bonds. The van der Waals surface area contributed by atoms with Crippen molar-refractivity contribution in [3.63, 3.8) is 0 Å². The summed E-state index contributed by atoms with van der Waals surface area (Å²) >= 11 is 0.777. The van der Waals surface area contributed by atoms with Crippen LogP contribution in [0.1, 0.15) is 13.3 Å². The molecule has 0 radical (unpaired) electrons. The Kier molecular flexibility index (Phi) is 2.52. The molecular weight excluding hydrogens is 244 g/mol. The van der Waals surface area contributed by atoms with Crippen molar-refractivity contribution in [2.24, 2.45) is 17.8 Å². The lowest BCUT2D eigenvalue weighted by atomic mass is 9.75. The number of carbonyl (C=O) groups is 3. The van der Waals surface area contributed by atoms with Gasteiger partial charge in [0.2, 0.25) is 10.2 Å². The molecule has 17 heavy (non-hydrogen) atoms. The molecule has 0 aromatic rings. The second kappa shape index (κ2) is 3.81. The molecule has 0 aliphatic carbocycles. The van der Waals surface area contributed by atoms with E-state index in [4.69, 9.17) is 9.47 Å². The quantitative estimate of drug-likeness (QED) is 0.665. The second-order valence-electron chi connectivity index (χ2n) is 4.53. The van der Waals surface area contributed by atoms with Crippen LogP contribution in [0, 0.1) is 17.8 Å². The Bertz CT molecular complexity index is 407. The summed E-state index contributed by atoms with van der Waals surface area (Å²) in [6.45, 7) is 2.07. The van der Waals surface area contributed by atoms with Crippen LogP contribution in [0.5, 0.6) is 0 Å². The first-order chi connectivity index (χ1) is 8.13. The van der Waals surface area contributed by atoms with Crippen LogP contribution in [0.4, 0.5) is 0 Å². The van der Waals surface area contributed by atoms with Gasteiger partial charge >= 0.3 is 5.97 Å². The van der Waals surface area contributed by atoms with Gasteiger partial charge in [0.25, 0.3) is 0 Å². The molecule has 0 aromatic carbocycles. The molecule has 0 unspecified atom stereocenters. The van der Waals surface area contributed by atoms with Crippen LogP contribution >= 0.6 is 11.8 Å². The van der Waals surface area contributed by atoms with E-state index in [1.54, 1.807) is 6.92 Å². The van der Waals surface area contributed by atoms with Crippen LogP contribution in [0.15, 0.2) is 0 Å². The van der Waals surface area contributed by atoms with E-state index < -0.39 is 12.0 Å². The molecule has 5 atom stereocenters. The van der Waals surface area contributed by atoms with Crippen molar-refractivity contribution >= 4 is 28.0 Å². The first kappa shape index (κ1) is 11.2. The fourth-order valence-electron chi connectivity index (χ4n) is 3.03. The Labute approximate surface area is 102 Å². The van der Waals surface area contributed by atoms with Gasteiger partial charge in [0.15, 0.2) is 0 Å². The third-order valence-corrected chi connectivity index (χ3v) is 4.64. The minimum absolute atomic E-state index is 0.102. The first-order valence-corrected chi connectivity index (χ1v) is 6.52. The van der Waals surface area contributed by atoms with Crippen LogP contribution in [-0.4, -0.2) is 35.0 Å². The largest absolute Gasteiger partial charge is 0.466 e. The van der Waals surface area contributed by atoms with Gasteiger partial charge in [-0.05, 0) is 25.1 Å². The van der Waals surface area contributed by atoms with Gasteiger partial charge in [0, 0.05) is 0 Å². The van der Waals surface area contributed by atoms with Crippen molar-refractivity contribution < 1.29 is 23.9 Å². The summed E-state index contributed by atoms with van der Waals surface area (Å²) in [6.07, 6.45) is -0.217. The highest BCUT2D eigenvalue weighted by atomic mass is 32.2. The van der Waals surface area contributed by atoms with Crippen molar-refractivity contribution in [1.29, 1.82) is 0 Å². The summed E-state index contributed by atoms with van der Waals surface area (Å²) in [4.78, 5) is 35.0. The van der Waals surface area contributed by atoms with E-state index >= 15 is 0 Å². The molecule has 0 N–H and O–H groups in total. The van der Waals surface area contributed by atoms with Crippen molar-refractivity contribution in [3.05, 3.63) is 0 Å². The SMILES string of the molecule is CCOC(=O)[C@H]1C[C@@H]2O[C@@H]1[C@H]1C(=O)SC(=O)[C@H]12. The van der Waals surface area contributed by atoms with E-state index in [-0.39, 0.29) is 34.1 Å². The monoisotopic (exact) mass is 256 g/mol. The number of fused-ring (bicyclic) bond motifs is 5. The Morgan fingerprint density at radius 1 is 1.41 bits per heavy atom. The van der Waals surface area contributed by atoms with E-state index in [9.17, 15) is 14.4 Å². The average molecular weight is 256 g/mol. The summed E-state index contributed by atoms with van der Waals surface area (Å²) in [6, 6.07) is 0. The zero-order valence-electron chi connectivity index (χ0n) is 9.25. The Morgan fingerprint density at radius 3 is 2.82 bits per heavy atom. The van der Waals surface area contributed by atoms with E-state index in [0.29, 0.717) is 13.0 Å². The molecule has 0 saturated carbocycles. The maximum absolute atomic E-state index is 11.7. The third-order valence-electron chi connectivity index (χ3n) is 3.69. The highest BCUT2D eigenvalue weighted by Crippen LogP contribution is 2.53. The van der Waals surface area contributed by atoms with Gasteiger partial charge in [0.1, 0.15) is 0 Å². The zero-order valence-corrected chi connectivity index (χ0v) is 10.1. The predicted molar refractivity (Wildman–Crippen MR) is 58.0 cm³/mol. The van der Waals surface area contributed by atoms with Crippen LogP contribution in [-0.2, 0) is 23.9 Å². The molecule has 92 valence electrons. The molecule has 3 saturated heterocycles. The van der Waals surface area contributed by atoms with Crippen LogP contribution in [0.3, 0.4) is 0 Å².